The Kier molecular flexibility index (Phi) is 2.76. The molecule has 1 aromatic carbocycles. The molecule has 0 aliphatic carbocycles. The first-order chi connectivity index (χ1) is 5.97. The van der Waals surface area contributed by atoms with Gasteiger partial charge >= 0.3 is 0 Å². The highest BCUT2D eigenvalue weighted by Gasteiger charge is 2.22. The summed E-state index contributed by atoms with van der Waals surface area (Å²) in [5, 5.41) is 9.57. The molecule has 0 saturated heterocycles. The SMILES string of the molecule is CC(C)(C=O)c1ccc(Br)cc1O. The van der Waals surface area contributed by atoms with Gasteiger partial charge in [0, 0.05) is 15.5 Å². The first-order valence-corrected chi connectivity index (χ1v) is 4.72. The number of phenols is 1. The summed E-state index contributed by atoms with van der Waals surface area (Å²) in [7, 11) is 0. The molecule has 0 aliphatic heterocycles. The summed E-state index contributed by atoms with van der Waals surface area (Å²) >= 11 is 3.24. The Hall–Kier alpha value is -0.830. The number of halogens is 1. The van der Waals surface area contributed by atoms with Crippen molar-refractivity contribution < 1.29 is 9.90 Å². The summed E-state index contributed by atoms with van der Waals surface area (Å²) < 4.78 is 0.801. The minimum Gasteiger partial charge on any atom is -0.508 e. The molecule has 1 N–H and O–H groups in total. The van der Waals surface area contributed by atoms with Gasteiger partial charge in [0.15, 0.2) is 0 Å². The molecule has 0 aromatic heterocycles. The lowest BCUT2D eigenvalue weighted by Gasteiger charge is -2.18. The lowest BCUT2D eigenvalue weighted by atomic mass is 9.86. The van der Waals surface area contributed by atoms with Crippen LogP contribution < -0.4 is 0 Å². The Bertz CT molecular complexity index is 332. The van der Waals surface area contributed by atoms with Gasteiger partial charge in [-0.25, -0.2) is 0 Å². The molecule has 70 valence electrons. The number of carbonyl (C=O) groups is 1. The lowest BCUT2D eigenvalue weighted by Crippen LogP contribution is -2.18. The summed E-state index contributed by atoms with van der Waals surface area (Å²) in [6.45, 7) is 3.53. The number of hydrogen-bond acceptors (Lipinski definition) is 2. The van der Waals surface area contributed by atoms with Crippen molar-refractivity contribution in [3.05, 3.63) is 28.2 Å². The molecule has 0 aliphatic rings. The van der Waals surface area contributed by atoms with Gasteiger partial charge in [-0.15, -0.1) is 0 Å². The topological polar surface area (TPSA) is 37.3 Å². The van der Waals surface area contributed by atoms with E-state index in [0.717, 1.165) is 10.8 Å². The zero-order chi connectivity index (χ0) is 10.1. The van der Waals surface area contributed by atoms with Crippen LogP contribution in [0.2, 0.25) is 0 Å². The second-order valence-electron chi connectivity index (χ2n) is 3.50. The molecule has 1 rings (SSSR count). The quantitative estimate of drug-likeness (QED) is 0.810. The van der Waals surface area contributed by atoms with Crippen LogP contribution in [0.15, 0.2) is 22.7 Å². The molecule has 0 amide bonds. The summed E-state index contributed by atoms with van der Waals surface area (Å²) in [6.07, 6.45) is 0.829. The van der Waals surface area contributed by atoms with Crippen LogP contribution >= 0.6 is 15.9 Å². The van der Waals surface area contributed by atoms with Crippen molar-refractivity contribution in [3.8, 4) is 5.75 Å². The van der Waals surface area contributed by atoms with E-state index in [-0.39, 0.29) is 5.75 Å². The van der Waals surface area contributed by atoms with Crippen LogP contribution in [-0.2, 0) is 10.2 Å². The van der Waals surface area contributed by atoms with E-state index in [1.807, 2.05) is 0 Å². The molecule has 0 unspecified atom stereocenters. The number of benzene rings is 1. The average Bonchev–Trinajstić information content (AvgIpc) is 2.03. The van der Waals surface area contributed by atoms with Crippen molar-refractivity contribution in [2.75, 3.05) is 0 Å². The molecule has 0 saturated carbocycles. The van der Waals surface area contributed by atoms with Crippen LogP contribution in [0.25, 0.3) is 0 Å². The highest BCUT2D eigenvalue weighted by Crippen LogP contribution is 2.31. The van der Waals surface area contributed by atoms with Gasteiger partial charge in [0.05, 0.1) is 0 Å². The van der Waals surface area contributed by atoms with E-state index in [1.165, 1.54) is 0 Å². The van der Waals surface area contributed by atoms with Crippen molar-refractivity contribution in [1.82, 2.24) is 0 Å². The smallest absolute Gasteiger partial charge is 0.130 e. The van der Waals surface area contributed by atoms with E-state index in [1.54, 1.807) is 32.0 Å². The molecule has 1 aromatic rings. The third kappa shape index (κ3) is 2.10. The van der Waals surface area contributed by atoms with Crippen molar-refractivity contribution in [3.63, 3.8) is 0 Å². The van der Waals surface area contributed by atoms with Crippen LogP contribution in [-0.4, -0.2) is 11.4 Å². The van der Waals surface area contributed by atoms with Crippen LogP contribution in [0.3, 0.4) is 0 Å². The van der Waals surface area contributed by atoms with Crippen LogP contribution in [0.1, 0.15) is 19.4 Å². The molecule has 3 heteroatoms. The first kappa shape index (κ1) is 10.3. The zero-order valence-corrected chi connectivity index (χ0v) is 9.13. The number of aromatic hydroxyl groups is 1. The van der Waals surface area contributed by atoms with Crippen LogP contribution in [0.4, 0.5) is 0 Å². The van der Waals surface area contributed by atoms with Gasteiger partial charge in [0.25, 0.3) is 0 Å². The maximum Gasteiger partial charge on any atom is 0.130 e. The van der Waals surface area contributed by atoms with E-state index in [4.69, 9.17) is 0 Å². The zero-order valence-electron chi connectivity index (χ0n) is 7.54. The van der Waals surface area contributed by atoms with Gasteiger partial charge in [0.1, 0.15) is 12.0 Å². The molecule has 0 heterocycles. The fourth-order valence-electron chi connectivity index (χ4n) is 1.11. The summed E-state index contributed by atoms with van der Waals surface area (Å²) in [5.41, 5.74) is 0.0100. The predicted molar refractivity (Wildman–Crippen MR) is 54.9 cm³/mol. The minimum atomic E-state index is -0.634. The molecule has 0 atom stereocenters. The largest absolute Gasteiger partial charge is 0.508 e. The maximum atomic E-state index is 10.7. The molecule has 0 bridgehead atoms. The fourth-order valence-corrected chi connectivity index (χ4v) is 1.46. The van der Waals surface area contributed by atoms with Crippen LogP contribution in [0, 0.1) is 0 Å². The molecule has 2 nitrogen and oxygen atoms in total. The number of carbonyl (C=O) groups excluding carboxylic acids is 1. The monoisotopic (exact) mass is 242 g/mol. The molecular formula is C10H11BrO2. The highest BCUT2D eigenvalue weighted by atomic mass is 79.9. The normalized spacial score (nSPS) is 11.3. The summed E-state index contributed by atoms with van der Waals surface area (Å²) in [5.74, 6) is 0.145. The second-order valence-corrected chi connectivity index (χ2v) is 4.42. The Morgan fingerprint density at radius 2 is 2.08 bits per heavy atom. The van der Waals surface area contributed by atoms with Crippen molar-refractivity contribution in [1.29, 1.82) is 0 Å². The fraction of sp³-hybridized carbons (Fsp3) is 0.300. The maximum absolute atomic E-state index is 10.7. The van der Waals surface area contributed by atoms with E-state index in [0.29, 0.717) is 5.56 Å². The van der Waals surface area contributed by atoms with E-state index < -0.39 is 5.41 Å². The van der Waals surface area contributed by atoms with Crippen molar-refractivity contribution in [2.45, 2.75) is 19.3 Å². The number of hydrogen-bond donors (Lipinski definition) is 1. The standard InChI is InChI=1S/C10H11BrO2/c1-10(2,6-12)8-4-3-7(11)5-9(8)13/h3-6,13H,1-2H3. The average molecular weight is 243 g/mol. The first-order valence-electron chi connectivity index (χ1n) is 3.93. The second kappa shape index (κ2) is 3.50. The van der Waals surface area contributed by atoms with Gasteiger partial charge < -0.3 is 9.90 Å². The van der Waals surface area contributed by atoms with E-state index in [2.05, 4.69) is 15.9 Å². The van der Waals surface area contributed by atoms with Gasteiger partial charge in [-0.2, -0.15) is 0 Å². The Labute approximate surface area is 85.7 Å². The number of rotatable bonds is 2. The van der Waals surface area contributed by atoms with Gasteiger partial charge in [-0.05, 0) is 26.0 Å². The minimum absolute atomic E-state index is 0.145. The van der Waals surface area contributed by atoms with Gasteiger partial charge in [-0.1, -0.05) is 22.0 Å². The molecule has 0 radical (unpaired) electrons. The Morgan fingerprint density at radius 1 is 1.46 bits per heavy atom. The van der Waals surface area contributed by atoms with Crippen molar-refractivity contribution >= 4 is 22.2 Å². The Balaban J connectivity index is 3.23. The number of aldehydes is 1. The molecule has 0 fully saturated rings. The van der Waals surface area contributed by atoms with E-state index >= 15 is 0 Å². The van der Waals surface area contributed by atoms with Crippen LogP contribution in [0.5, 0.6) is 5.75 Å². The number of phenolic OH excluding ortho intramolecular Hbond substituents is 1. The predicted octanol–water partition coefficient (Wildman–Crippen LogP) is 2.63. The highest BCUT2D eigenvalue weighted by molar-refractivity contribution is 9.10. The lowest BCUT2D eigenvalue weighted by molar-refractivity contribution is -0.111. The Morgan fingerprint density at radius 3 is 2.54 bits per heavy atom. The summed E-state index contributed by atoms with van der Waals surface area (Å²) in [6, 6.07) is 5.13. The van der Waals surface area contributed by atoms with E-state index in [9.17, 15) is 9.90 Å². The molecular weight excluding hydrogens is 232 g/mol. The summed E-state index contributed by atoms with van der Waals surface area (Å²) in [4.78, 5) is 10.7. The van der Waals surface area contributed by atoms with Gasteiger partial charge in [0.2, 0.25) is 0 Å². The van der Waals surface area contributed by atoms with Crippen molar-refractivity contribution in [2.24, 2.45) is 0 Å². The molecule has 0 spiro atoms. The third-order valence-corrected chi connectivity index (χ3v) is 2.44. The third-order valence-electron chi connectivity index (χ3n) is 1.95. The van der Waals surface area contributed by atoms with Gasteiger partial charge in [-0.3, -0.25) is 0 Å². The molecule has 13 heavy (non-hydrogen) atoms.